The van der Waals surface area contributed by atoms with E-state index in [1.165, 1.54) is 18.0 Å². The summed E-state index contributed by atoms with van der Waals surface area (Å²) in [6, 6.07) is 5.65. The number of aromatic nitrogens is 3. The zero-order chi connectivity index (χ0) is 21.0. The molecule has 1 fully saturated rings. The Labute approximate surface area is 174 Å². The summed E-state index contributed by atoms with van der Waals surface area (Å²) < 4.78 is 7.54. The summed E-state index contributed by atoms with van der Waals surface area (Å²) in [6.45, 7) is 2.09. The third-order valence-corrected chi connectivity index (χ3v) is 6.51. The summed E-state index contributed by atoms with van der Waals surface area (Å²) in [7, 11) is 5.74. The number of rotatable bonds is 3. The van der Waals surface area contributed by atoms with Gasteiger partial charge in [-0.05, 0) is 24.7 Å². The van der Waals surface area contributed by atoms with Gasteiger partial charge in [-0.1, -0.05) is 0 Å². The Morgan fingerprint density at radius 3 is 2.70 bits per heavy atom. The molecule has 0 saturated carbocycles. The van der Waals surface area contributed by atoms with Crippen LogP contribution in [0.15, 0.2) is 36.8 Å². The van der Waals surface area contributed by atoms with Crippen molar-refractivity contribution < 1.29 is 14.6 Å². The fourth-order valence-electron chi connectivity index (χ4n) is 5.37. The van der Waals surface area contributed by atoms with Crippen molar-refractivity contribution in [1.29, 1.82) is 0 Å². The molecule has 1 saturated heterocycles. The number of aryl methyl sites for hydroxylation is 1. The largest absolute Gasteiger partial charge is 0.497 e. The third-order valence-electron chi connectivity index (χ3n) is 6.51. The van der Waals surface area contributed by atoms with Crippen molar-refractivity contribution in [3.63, 3.8) is 0 Å². The molecule has 0 unspecified atom stereocenters. The average Bonchev–Trinajstić information content (AvgIpc) is 3.05. The minimum atomic E-state index is -0.450. The number of benzene rings is 1. The molecule has 8 nitrogen and oxygen atoms in total. The van der Waals surface area contributed by atoms with Gasteiger partial charge in [-0.15, -0.1) is 0 Å². The van der Waals surface area contributed by atoms with E-state index in [-0.39, 0.29) is 17.9 Å². The van der Waals surface area contributed by atoms with E-state index >= 15 is 0 Å². The summed E-state index contributed by atoms with van der Waals surface area (Å²) >= 11 is 0. The van der Waals surface area contributed by atoms with Gasteiger partial charge in [0.2, 0.25) is 0 Å². The topological polar surface area (TPSA) is 83.7 Å². The van der Waals surface area contributed by atoms with Crippen molar-refractivity contribution >= 4 is 16.8 Å². The monoisotopic (exact) mass is 407 g/mol. The number of hydrogen-bond donors (Lipinski definition) is 1. The zero-order valence-electron chi connectivity index (χ0n) is 17.4. The average molecular weight is 407 g/mol. The molecule has 5 rings (SSSR count). The van der Waals surface area contributed by atoms with Crippen LogP contribution in [0, 0.1) is 0 Å². The Morgan fingerprint density at radius 1 is 1.27 bits per heavy atom. The van der Waals surface area contributed by atoms with Crippen molar-refractivity contribution in [1.82, 2.24) is 24.3 Å². The zero-order valence-corrected chi connectivity index (χ0v) is 17.4. The quantitative estimate of drug-likeness (QED) is 0.706. The van der Waals surface area contributed by atoms with Crippen LogP contribution >= 0.6 is 0 Å². The smallest absolute Gasteiger partial charge is 0.274 e. The van der Waals surface area contributed by atoms with E-state index in [4.69, 9.17) is 4.74 Å². The Hall–Kier alpha value is -2.97. The van der Waals surface area contributed by atoms with Crippen LogP contribution in [-0.2, 0) is 12.5 Å². The highest BCUT2D eigenvalue weighted by molar-refractivity contribution is 5.94. The lowest BCUT2D eigenvalue weighted by atomic mass is 9.69. The van der Waals surface area contributed by atoms with E-state index in [2.05, 4.69) is 32.5 Å². The molecule has 0 radical (unpaired) electrons. The van der Waals surface area contributed by atoms with Gasteiger partial charge in [-0.25, -0.2) is 4.98 Å². The van der Waals surface area contributed by atoms with Crippen molar-refractivity contribution in [2.75, 3.05) is 40.4 Å². The van der Waals surface area contributed by atoms with Crippen LogP contribution in [0.25, 0.3) is 10.9 Å². The molecule has 1 N–H and O–H groups in total. The number of fused-ring (bicyclic) bond motifs is 4. The first kappa shape index (κ1) is 19.0. The van der Waals surface area contributed by atoms with E-state index in [1.54, 1.807) is 18.2 Å². The molecule has 0 aliphatic carbocycles. The van der Waals surface area contributed by atoms with Crippen LogP contribution in [0.2, 0.25) is 0 Å². The Morgan fingerprint density at radius 2 is 2.07 bits per heavy atom. The van der Waals surface area contributed by atoms with Gasteiger partial charge in [-0.2, -0.15) is 0 Å². The number of hydrogen-bond acceptors (Lipinski definition) is 6. The highest BCUT2D eigenvalue weighted by Gasteiger charge is 2.53. The molecule has 0 bridgehead atoms. The number of amides is 1. The number of aliphatic hydroxyl groups is 1. The second-order valence-corrected chi connectivity index (χ2v) is 8.38. The molecule has 2 aliphatic rings. The van der Waals surface area contributed by atoms with E-state index in [0.29, 0.717) is 12.2 Å². The molecule has 2 aliphatic heterocycles. The lowest BCUT2D eigenvalue weighted by molar-refractivity contribution is 0.00834. The summed E-state index contributed by atoms with van der Waals surface area (Å²) in [5.74, 6) is 0.581. The third kappa shape index (κ3) is 2.57. The van der Waals surface area contributed by atoms with Crippen LogP contribution < -0.4 is 4.74 Å². The molecular weight excluding hydrogens is 382 g/mol. The SMILES string of the molecule is COc1ccc2c3c(n(C)c2c1)[C@@H](CO)N(C(=O)c1cnccn1)CC31CN(C)C1. The van der Waals surface area contributed by atoms with E-state index in [9.17, 15) is 9.90 Å². The van der Waals surface area contributed by atoms with Gasteiger partial charge >= 0.3 is 0 Å². The molecule has 1 amide bonds. The molecule has 1 atom stereocenters. The number of carbonyl (C=O) groups excluding carboxylic acids is 1. The molecule has 8 heteroatoms. The van der Waals surface area contributed by atoms with Crippen LogP contribution in [0.1, 0.15) is 27.8 Å². The molecule has 4 heterocycles. The van der Waals surface area contributed by atoms with Gasteiger partial charge < -0.3 is 24.2 Å². The minimum Gasteiger partial charge on any atom is -0.497 e. The first-order valence-corrected chi connectivity index (χ1v) is 10.0. The van der Waals surface area contributed by atoms with E-state index in [1.807, 2.05) is 19.2 Å². The van der Waals surface area contributed by atoms with Gasteiger partial charge in [0, 0.05) is 61.6 Å². The van der Waals surface area contributed by atoms with Crippen LogP contribution in [0.5, 0.6) is 5.75 Å². The van der Waals surface area contributed by atoms with Crippen molar-refractivity contribution in [3.8, 4) is 5.75 Å². The molecule has 1 spiro atoms. The highest BCUT2D eigenvalue weighted by atomic mass is 16.5. The maximum atomic E-state index is 13.4. The molecule has 30 heavy (non-hydrogen) atoms. The number of ether oxygens (including phenoxy) is 1. The van der Waals surface area contributed by atoms with Gasteiger partial charge in [0.25, 0.3) is 5.91 Å². The molecule has 156 valence electrons. The Kier molecular flexibility index (Phi) is 4.30. The maximum absolute atomic E-state index is 13.4. The molecule has 2 aromatic heterocycles. The van der Waals surface area contributed by atoms with Crippen LogP contribution in [0.4, 0.5) is 0 Å². The predicted octanol–water partition coefficient (Wildman–Crippen LogP) is 1.35. The number of methoxy groups -OCH3 is 1. The van der Waals surface area contributed by atoms with Crippen molar-refractivity contribution in [2.45, 2.75) is 11.5 Å². The standard InChI is InChI=1S/C22H25N5O3/c1-25-11-22(12-25)13-27(21(29)16-9-23-6-7-24-16)18(10-28)20-19(22)15-5-4-14(30-3)8-17(15)26(20)2/h4-9,18,28H,10-13H2,1-3H3/t18-/m1/s1. The second-order valence-electron chi connectivity index (χ2n) is 8.38. The second kappa shape index (κ2) is 6.78. The summed E-state index contributed by atoms with van der Waals surface area (Å²) in [5, 5.41) is 11.5. The summed E-state index contributed by atoms with van der Waals surface area (Å²) in [6.07, 6.45) is 4.55. The van der Waals surface area contributed by atoms with Gasteiger partial charge in [0.1, 0.15) is 11.4 Å². The van der Waals surface area contributed by atoms with Crippen LogP contribution in [-0.4, -0.2) is 75.7 Å². The van der Waals surface area contributed by atoms with E-state index < -0.39 is 6.04 Å². The van der Waals surface area contributed by atoms with Crippen LogP contribution in [0.3, 0.4) is 0 Å². The normalized spacial score (nSPS) is 20.3. The first-order valence-electron chi connectivity index (χ1n) is 10.0. The van der Waals surface area contributed by atoms with Gasteiger partial charge in [0.05, 0.1) is 31.5 Å². The fraction of sp³-hybridized carbons (Fsp3) is 0.409. The van der Waals surface area contributed by atoms with Crippen molar-refractivity contribution in [3.05, 3.63) is 53.7 Å². The maximum Gasteiger partial charge on any atom is 0.274 e. The number of likely N-dealkylation sites (N-methyl/N-ethyl adjacent to an activating group) is 1. The van der Waals surface area contributed by atoms with E-state index in [0.717, 1.165) is 35.4 Å². The Balaban J connectivity index is 1.72. The number of likely N-dealkylation sites (tertiary alicyclic amines) is 1. The summed E-state index contributed by atoms with van der Waals surface area (Å²) in [4.78, 5) is 25.7. The highest BCUT2D eigenvalue weighted by Crippen LogP contribution is 2.49. The number of carbonyl (C=O) groups is 1. The lowest BCUT2D eigenvalue weighted by Gasteiger charge is -2.55. The Bertz CT molecular complexity index is 1120. The predicted molar refractivity (Wildman–Crippen MR) is 112 cm³/mol. The molecular formula is C22H25N5O3. The first-order chi connectivity index (χ1) is 14.5. The minimum absolute atomic E-state index is 0.160. The fourth-order valence-corrected chi connectivity index (χ4v) is 5.37. The summed E-state index contributed by atoms with van der Waals surface area (Å²) in [5.41, 5.74) is 3.38. The van der Waals surface area contributed by atoms with Gasteiger partial charge in [-0.3, -0.25) is 9.78 Å². The van der Waals surface area contributed by atoms with Crippen molar-refractivity contribution in [2.24, 2.45) is 7.05 Å². The lowest BCUT2D eigenvalue weighted by Crippen LogP contribution is -2.66. The van der Waals surface area contributed by atoms with Gasteiger partial charge in [0.15, 0.2) is 0 Å². The number of aliphatic hydroxyl groups excluding tert-OH is 1. The number of nitrogens with zero attached hydrogens (tertiary/aromatic N) is 5. The molecule has 1 aromatic carbocycles. The molecule has 3 aromatic rings.